The van der Waals surface area contributed by atoms with Crippen molar-refractivity contribution < 1.29 is 69.6 Å². The summed E-state index contributed by atoms with van der Waals surface area (Å²) in [6.45, 7) is -0.250. The third-order valence-electron chi connectivity index (χ3n) is 4.23. The van der Waals surface area contributed by atoms with Crippen LogP contribution >= 0.6 is 0 Å². The highest BCUT2D eigenvalue weighted by Crippen LogP contribution is 2.09. The molecule has 0 aliphatic rings. The number of rotatable bonds is 7. The zero-order valence-electron chi connectivity index (χ0n) is 20.4. The average Bonchev–Trinajstić information content (AvgIpc) is 2.93. The van der Waals surface area contributed by atoms with Crippen LogP contribution in [0.3, 0.4) is 0 Å². The van der Waals surface area contributed by atoms with E-state index in [0.717, 1.165) is 6.07 Å². The number of aromatic carboxylic acids is 6. The number of carbonyl (C=O) groups is 6. The first-order valence-electron chi connectivity index (χ1n) is 10.7. The minimum absolute atomic E-state index is 0.0186. The third-order valence-corrected chi connectivity index (χ3v) is 4.23. The Morgan fingerprint density at radius 3 is 0.825 bits per heavy atom. The zero-order valence-corrected chi connectivity index (χ0v) is 20.4. The second kappa shape index (κ2) is 17.8. The van der Waals surface area contributed by atoms with Gasteiger partial charge in [-0.05, 0) is 42.5 Å². The van der Waals surface area contributed by atoms with Crippen LogP contribution in [0.4, 0.5) is 0 Å². The van der Waals surface area contributed by atoms with Crippen LogP contribution in [0.25, 0.3) is 0 Å². The van der Waals surface area contributed by atoms with Gasteiger partial charge in [-0.1, -0.05) is 30.3 Å². The lowest BCUT2D eigenvalue weighted by atomic mass is 10.1. The molecular formula is C26H24O14. The van der Waals surface area contributed by atoms with Gasteiger partial charge in [-0.15, -0.1) is 0 Å². The molecular weight excluding hydrogens is 536 g/mol. The fraction of sp³-hybridized carbons (Fsp3) is 0.0769. The molecule has 0 aliphatic carbocycles. The van der Waals surface area contributed by atoms with Crippen molar-refractivity contribution >= 4 is 35.8 Å². The Balaban J connectivity index is 0.000000534. The number of carboxylic acid groups (broad SMARTS) is 6. The van der Waals surface area contributed by atoms with Crippen molar-refractivity contribution in [2.24, 2.45) is 0 Å². The molecule has 212 valence electrons. The van der Waals surface area contributed by atoms with Gasteiger partial charge in [-0.2, -0.15) is 0 Å². The smallest absolute Gasteiger partial charge is 0.336 e. The normalized spacial score (nSPS) is 9.15. The zero-order chi connectivity index (χ0) is 30.8. The number of carboxylic acids is 6. The van der Waals surface area contributed by atoms with Crippen molar-refractivity contribution in [1.82, 2.24) is 0 Å². The van der Waals surface area contributed by atoms with Crippen LogP contribution in [0, 0.1) is 0 Å². The van der Waals surface area contributed by atoms with Gasteiger partial charge in [-0.25, -0.2) is 28.8 Å². The van der Waals surface area contributed by atoms with Crippen LogP contribution in [0.1, 0.15) is 62.1 Å². The lowest BCUT2D eigenvalue weighted by Gasteiger charge is -1.98. The Morgan fingerprint density at radius 1 is 0.400 bits per heavy atom. The van der Waals surface area contributed by atoms with Gasteiger partial charge < -0.3 is 40.9 Å². The summed E-state index contributed by atoms with van der Waals surface area (Å²) >= 11 is 0. The molecule has 40 heavy (non-hydrogen) atoms. The highest BCUT2D eigenvalue weighted by molar-refractivity contribution is 6.02. The summed E-state index contributed by atoms with van der Waals surface area (Å²) in [5.74, 6) is -7.17. The van der Waals surface area contributed by atoms with Gasteiger partial charge in [0.05, 0.1) is 46.6 Å². The summed E-state index contributed by atoms with van der Waals surface area (Å²) in [5.41, 5.74) is -0.796. The molecule has 0 aliphatic heterocycles. The second-order valence-corrected chi connectivity index (χ2v) is 6.95. The molecule has 14 heteroatoms. The molecule has 3 aromatic carbocycles. The highest BCUT2D eigenvalue weighted by Gasteiger charge is 2.14. The van der Waals surface area contributed by atoms with E-state index in [-0.39, 0.29) is 46.6 Å². The number of aliphatic hydroxyl groups is 2. The molecule has 0 unspecified atom stereocenters. The van der Waals surface area contributed by atoms with E-state index in [1.807, 2.05) is 0 Å². The SMILES string of the molecule is O=C(O)c1cccc(C(=O)O)c1.O=C(O)c1ccccc1C(=O)O.O=C(O)c1ccccc1C(=O)O.OCCO. The van der Waals surface area contributed by atoms with Gasteiger partial charge in [0.1, 0.15) is 0 Å². The van der Waals surface area contributed by atoms with E-state index in [1.54, 1.807) is 0 Å². The molecule has 0 atom stereocenters. The van der Waals surface area contributed by atoms with Gasteiger partial charge >= 0.3 is 35.8 Å². The molecule has 0 radical (unpaired) electrons. The minimum atomic E-state index is -1.23. The van der Waals surface area contributed by atoms with Crippen molar-refractivity contribution in [1.29, 1.82) is 0 Å². The van der Waals surface area contributed by atoms with E-state index < -0.39 is 35.8 Å². The maximum atomic E-state index is 10.5. The molecule has 0 saturated heterocycles. The van der Waals surface area contributed by atoms with E-state index in [4.69, 9.17) is 40.9 Å². The standard InChI is InChI=1S/3C8H6O4.C2H6O2/c9-7(10)5-2-1-3-6(4-5)8(11)12;2*9-7(10)5-3-1-2-4-6(5)8(11)12;3-1-2-4/h3*1-4H,(H,9,10)(H,11,12);3-4H,1-2H2. The number of benzene rings is 3. The van der Waals surface area contributed by atoms with Gasteiger partial charge in [-0.3, -0.25) is 0 Å². The Bertz CT molecular complexity index is 1180. The van der Waals surface area contributed by atoms with E-state index in [1.165, 1.54) is 66.7 Å². The highest BCUT2D eigenvalue weighted by atomic mass is 16.4. The second-order valence-electron chi connectivity index (χ2n) is 6.95. The van der Waals surface area contributed by atoms with E-state index in [0.29, 0.717) is 0 Å². The Hall–Kier alpha value is -5.60. The lowest BCUT2D eigenvalue weighted by molar-refractivity contribution is 0.0651. The van der Waals surface area contributed by atoms with Crippen molar-refractivity contribution in [2.45, 2.75) is 0 Å². The first kappa shape index (κ1) is 34.4. The van der Waals surface area contributed by atoms with Gasteiger partial charge in [0.25, 0.3) is 0 Å². The number of hydrogen-bond acceptors (Lipinski definition) is 8. The lowest BCUT2D eigenvalue weighted by Crippen LogP contribution is -2.06. The summed E-state index contributed by atoms with van der Waals surface area (Å²) in [6.07, 6.45) is 0. The quantitative estimate of drug-likeness (QED) is 0.206. The van der Waals surface area contributed by atoms with E-state index in [2.05, 4.69) is 0 Å². The van der Waals surface area contributed by atoms with E-state index >= 15 is 0 Å². The van der Waals surface area contributed by atoms with Crippen LogP contribution in [0.2, 0.25) is 0 Å². The van der Waals surface area contributed by atoms with E-state index in [9.17, 15) is 28.8 Å². The number of aliphatic hydroxyl groups excluding tert-OH is 2. The Morgan fingerprint density at radius 2 is 0.650 bits per heavy atom. The van der Waals surface area contributed by atoms with Crippen molar-refractivity contribution in [3.05, 3.63) is 106 Å². The van der Waals surface area contributed by atoms with Crippen molar-refractivity contribution in [2.75, 3.05) is 13.2 Å². The van der Waals surface area contributed by atoms with Crippen LogP contribution in [0.5, 0.6) is 0 Å². The monoisotopic (exact) mass is 560 g/mol. The number of hydrogen-bond donors (Lipinski definition) is 8. The minimum Gasteiger partial charge on any atom is -0.478 e. The maximum Gasteiger partial charge on any atom is 0.336 e. The predicted molar refractivity (Wildman–Crippen MR) is 135 cm³/mol. The average molecular weight is 560 g/mol. The predicted octanol–water partition coefficient (Wildman–Crippen LogP) is 2.22. The molecule has 0 bridgehead atoms. The first-order chi connectivity index (χ1) is 18.8. The fourth-order valence-electron chi connectivity index (χ4n) is 2.50. The van der Waals surface area contributed by atoms with Crippen molar-refractivity contribution in [3.8, 4) is 0 Å². The van der Waals surface area contributed by atoms with Gasteiger partial charge in [0.15, 0.2) is 0 Å². The molecule has 0 heterocycles. The van der Waals surface area contributed by atoms with Gasteiger partial charge in [0.2, 0.25) is 0 Å². The molecule has 3 rings (SSSR count). The summed E-state index contributed by atoms with van der Waals surface area (Å²) in [7, 11) is 0. The molecule has 0 amide bonds. The summed E-state index contributed by atoms with van der Waals surface area (Å²) in [6, 6.07) is 16.1. The van der Waals surface area contributed by atoms with Gasteiger partial charge in [0, 0.05) is 0 Å². The van der Waals surface area contributed by atoms with Crippen LogP contribution < -0.4 is 0 Å². The summed E-state index contributed by atoms with van der Waals surface area (Å²) < 4.78 is 0. The largest absolute Gasteiger partial charge is 0.478 e. The molecule has 0 aromatic heterocycles. The van der Waals surface area contributed by atoms with Crippen molar-refractivity contribution in [3.63, 3.8) is 0 Å². The molecule has 14 nitrogen and oxygen atoms in total. The van der Waals surface area contributed by atoms with Crippen LogP contribution in [0.15, 0.2) is 72.8 Å². The molecule has 0 saturated carbocycles. The van der Waals surface area contributed by atoms with Crippen LogP contribution in [-0.4, -0.2) is 89.9 Å². The first-order valence-corrected chi connectivity index (χ1v) is 10.7. The van der Waals surface area contributed by atoms with Crippen LogP contribution in [-0.2, 0) is 0 Å². The summed E-state index contributed by atoms with van der Waals surface area (Å²) in [4.78, 5) is 62.6. The Labute approximate surface area is 225 Å². The summed E-state index contributed by atoms with van der Waals surface area (Å²) in [5, 5.41) is 66.5. The molecule has 0 spiro atoms. The third kappa shape index (κ3) is 12.1. The topological polar surface area (TPSA) is 264 Å². The fourth-order valence-corrected chi connectivity index (χ4v) is 2.50. The Kier molecular flexibility index (Phi) is 15.3. The maximum absolute atomic E-state index is 10.5. The molecule has 3 aromatic rings. The molecule has 8 N–H and O–H groups in total. The molecule has 0 fully saturated rings.